The van der Waals surface area contributed by atoms with Crippen molar-refractivity contribution in [2.75, 3.05) is 20.7 Å². The molecule has 0 unspecified atom stereocenters. The first kappa shape index (κ1) is 17.7. The van der Waals surface area contributed by atoms with Gasteiger partial charge in [0.2, 0.25) is 5.91 Å². The van der Waals surface area contributed by atoms with Crippen LogP contribution in [0.1, 0.15) is 27.4 Å². The summed E-state index contributed by atoms with van der Waals surface area (Å²) < 4.78 is 10.2. The van der Waals surface area contributed by atoms with Crippen molar-refractivity contribution in [1.82, 2.24) is 10.2 Å². The average Bonchev–Trinajstić information content (AvgIpc) is 2.93. The van der Waals surface area contributed by atoms with Crippen LogP contribution in [0.2, 0.25) is 0 Å². The summed E-state index contributed by atoms with van der Waals surface area (Å²) in [5.41, 5.74) is 1.47. The van der Waals surface area contributed by atoms with Gasteiger partial charge < -0.3 is 14.5 Å². The molecule has 128 valence electrons. The number of nitrogens with one attached hydrogen (secondary N) is 1. The van der Waals surface area contributed by atoms with Crippen LogP contribution in [0.15, 0.2) is 40.8 Å². The first-order chi connectivity index (χ1) is 11.5. The van der Waals surface area contributed by atoms with E-state index in [4.69, 9.17) is 9.15 Å². The minimum absolute atomic E-state index is 0.0715. The van der Waals surface area contributed by atoms with E-state index < -0.39 is 5.97 Å². The van der Waals surface area contributed by atoms with E-state index in [1.54, 1.807) is 13.0 Å². The predicted octanol–water partition coefficient (Wildman–Crippen LogP) is 2.12. The summed E-state index contributed by atoms with van der Waals surface area (Å²) in [6.45, 7) is 2.87. The number of esters is 1. The van der Waals surface area contributed by atoms with Crippen LogP contribution in [0.3, 0.4) is 0 Å². The van der Waals surface area contributed by atoms with Gasteiger partial charge in [-0.2, -0.15) is 0 Å². The molecule has 0 aliphatic rings. The number of rotatable bonds is 7. The molecule has 0 aliphatic heterocycles. The molecule has 0 aliphatic carbocycles. The number of carbonyl (C=O) groups excluding carboxylic acids is 2. The normalized spacial score (nSPS) is 10.7. The van der Waals surface area contributed by atoms with Crippen molar-refractivity contribution in [3.05, 3.63) is 59.0 Å². The number of ether oxygens (including phenoxy) is 1. The van der Waals surface area contributed by atoms with Gasteiger partial charge in [-0.15, -0.1) is 0 Å². The van der Waals surface area contributed by atoms with E-state index in [-0.39, 0.29) is 12.5 Å². The van der Waals surface area contributed by atoms with Crippen LogP contribution >= 0.6 is 0 Å². The van der Waals surface area contributed by atoms with Gasteiger partial charge in [-0.25, -0.2) is 4.79 Å². The summed E-state index contributed by atoms with van der Waals surface area (Å²) in [7, 11) is 3.15. The van der Waals surface area contributed by atoms with Gasteiger partial charge in [0.15, 0.2) is 0 Å². The number of aryl methyl sites for hydroxylation is 1. The first-order valence-corrected chi connectivity index (χ1v) is 7.66. The van der Waals surface area contributed by atoms with Gasteiger partial charge in [0, 0.05) is 6.54 Å². The summed E-state index contributed by atoms with van der Waals surface area (Å²) in [4.78, 5) is 25.4. The molecule has 0 saturated heterocycles. The Labute approximate surface area is 141 Å². The van der Waals surface area contributed by atoms with E-state index >= 15 is 0 Å². The molecule has 1 amide bonds. The number of likely N-dealkylation sites (N-methyl/N-ethyl adjacent to an activating group) is 1. The van der Waals surface area contributed by atoms with Gasteiger partial charge in [-0.05, 0) is 25.6 Å². The van der Waals surface area contributed by atoms with Crippen molar-refractivity contribution in [2.45, 2.75) is 20.0 Å². The Morgan fingerprint density at radius 1 is 1.25 bits per heavy atom. The maximum Gasteiger partial charge on any atom is 0.341 e. The smallest absolute Gasteiger partial charge is 0.341 e. The van der Waals surface area contributed by atoms with Crippen LogP contribution in [0.4, 0.5) is 0 Å². The molecule has 0 fully saturated rings. The molecule has 2 rings (SSSR count). The first-order valence-electron chi connectivity index (χ1n) is 7.66. The Morgan fingerprint density at radius 3 is 2.62 bits per heavy atom. The molecular formula is C18H22N2O4. The van der Waals surface area contributed by atoms with Crippen molar-refractivity contribution >= 4 is 11.9 Å². The standard InChI is InChI=1S/C18H22N2O4/c1-13-16(18(22)23-3)9-15(24-13)11-20(2)12-17(21)19-10-14-7-5-4-6-8-14/h4-9H,10-12H2,1-3H3,(H,19,21). The zero-order chi connectivity index (χ0) is 17.5. The van der Waals surface area contributed by atoms with Crippen molar-refractivity contribution in [3.63, 3.8) is 0 Å². The van der Waals surface area contributed by atoms with E-state index in [9.17, 15) is 9.59 Å². The highest BCUT2D eigenvalue weighted by atomic mass is 16.5. The zero-order valence-corrected chi connectivity index (χ0v) is 14.2. The summed E-state index contributed by atoms with van der Waals surface area (Å²) in [6.07, 6.45) is 0. The predicted molar refractivity (Wildman–Crippen MR) is 89.4 cm³/mol. The van der Waals surface area contributed by atoms with Crippen LogP contribution in [0.5, 0.6) is 0 Å². The Balaban J connectivity index is 1.83. The second-order valence-electron chi connectivity index (χ2n) is 5.61. The Morgan fingerprint density at radius 2 is 1.96 bits per heavy atom. The molecule has 6 nitrogen and oxygen atoms in total. The van der Waals surface area contributed by atoms with Gasteiger partial charge in [-0.1, -0.05) is 30.3 Å². The van der Waals surface area contributed by atoms with Crippen molar-refractivity contribution in [2.24, 2.45) is 0 Å². The maximum atomic E-state index is 12.0. The van der Waals surface area contributed by atoms with E-state index in [2.05, 4.69) is 5.32 Å². The molecule has 0 atom stereocenters. The highest BCUT2D eigenvalue weighted by molar-refractivity contribution is 5.90. The molecule has 2 aromatic rings. The second kappa shape index (κ2) is 8.31. The molecule has 1 aromatic carbocycles. The van der Waals surface area contributed by atoms with Crippen LogP contribution in [-0.2, 0) is 22.6 Å². The Kier molecular flexibility index (Phi) is 6.14. The van der Waals surface area contributed by atoms with Crippen LogP contribution in [0, 0.1) is 6.92 Å². The fraction of sp³-hybridized carbons (Fsp3) is 0.333. The number of benzene rings is 1. The van der Waals surface area contributed by atoms with Gasteiger partial charge in [-0.3, -0.25) is 9.69 Å². The average molecular weight is 330 g/mol. The van der Waals surface area contributed by atoms with E-state index in [0.29, 0.717) is 30.2 Å². The number of hydrogen-bond acceptors (Lipinski definition) is 5. The lowest BCUT2D eigenvalue weighted by Crippen LogP contribution is -2.34. The van der Waals surface area contributed by atoms with Gasteiger partial charge in [0.1, 0.15) is 17.1 Å². The molecule has 0 radical (unpaired) electrons. The van der Waals surface area contributed by atoms with Crippen molar-refractivity contribution < 1.29 is 18.7 Å². The Hall–Kier alpha value is -2.60. The van der Waals surface area contributed by atoms with Crippen molar-refractivity contribution in [3.8, 4) is 0 Å². The molecular weight excluding hydrogens is 308 g/mol. The van der Waals surface area contributed by atoms with Crippen LogP contribution < -0.4 is 5.32 Å². The summed E-state index contributed by atoms with van der Waals surface area (Å²) in [6, 6.07) is 11.4. The van der Waals surface area contributed by atoms with Gasteiger partial charge in [0.25, 0.3) is 0 Å². The SMILES string of the molecule is COC(=O)c1cc(CN(C)CC(=O)NCc2ccccc2)oc1C. The third-order valence-corrected chi connectivity index (χ3v) is 3.55. The highest BCUT2D eigenvalue weighted by Crippen LogP contribution is 2.16. The fourth-order valence-electron chi connectivity index (χ4n) is 2.35. The summed E-state index contributed by atoms with van der Waals surface area (Å²) in [5.74, 6) is 0.633. The quantitative estimate of drug-likeness (QED) is 0.787. The second-order valence-corrected chi connectivity index (χ2v) is 5.61. The van der Waals surface area contributed by atoms with Gasteiger partial charge in [0.05, 0.1) is 20.2 Å². The van der Waals surface area contributed by atoms with E-state index in [1.165, 1.54) is 7.11 Å². The molecule has 0 spiro atoms. The van der Waals surface area contributed by atoms with Crippen molar-refractivity contribution in [1.29, 1.82) is 0 Å². The van der Waals surface area contributed by atoms with Crippen LogP contribution in [0.25, 0.3) is 0 Å². The number of hydrogen-bond donors (Lipinski definition) is 1. The number of carbonyl (C=O) groups is 2. The largest absolute Gasteiger partial charge is 0.465 e. The number of furan rings is 1. The lowest BCUT2D eigenvalue weighted by atomic mass is 10.2. The highest BCUT2D eigenvalue weighted by Gasteiger charge is 2.16. The van der Waals surface area contributed by atoms with E-state index in [1.807, 2.05) is 42.3 Å². The molecule has 6 heteroatoms. The molecule has 1 heterocycles. The minimum Gasteiger partial charge on any atom is -0.465 e. The minimum atomic E-state index is -0.425. The maximum absolute atomic E-state index is 12.0. The fourth-order valence-corrected chi connectivity index (χ4v) is 2.35. The zero-order valence-electron chi connectivity index (χ0n) is 14.2. The number of amides is 1. The third kappa shape index (κ3) is 4.96. The summed E-state index contributed by atoms with van der Waals surface area (Å²) >= 11 is 0. The lowest BCUT2D eigenvalue weighted by molar-refractivity contribution is -0.122. The monoisotopic (exact) mass is 330 g/mol. The molecule has 1 N–H and O–H groups in total. The molecule has 24 heavy (non-hydrogen) atoms. The number of nitrogens with zero attached hydrogens (tertiary/aromatic N) is 1. The van der Waals surface area contributed by atoms with Gasteiger partial charge >= 0.3 is 5.97 Å². The molecule has 0 bridgehead atoms. The molecule has 1 aromatic heterocycles. The topological polar surface area (TPSA) is 71.8 Å². The Bertz CT molecular complexity index is 694. The third-order valence-electron chi connectivity index (χ3n) is 3.55. The van der Waals surface area contributed by atoms with E-state index in [0.717, 1.165) is 5.56 Å². The van der Waals surface area contributed by atoms with Crippen LogP contribution in [-0.4, -0.2) is 37.5 Å². The lowest BCUT2D eigenvalue weighted by Gasteiger charge is -2.14. The molecule has 0 saturated carbocycles. The summed E-state index contributed by atoms with van der Waals surface area (Å²) in [5, 5.41) is 2.87. The number of methoxy groups -OCH3 is 1.